The van der Waals surface area contributed by atoms with Crippen LogP contribution in [-0.2, 0) is 16.1 Å². The molecular weight excluding hydrogens is 479 g/mol. The summed E-state index contributed by atoms with van der Waals surface area (Å²) >= 11 is -0.240. The molecule has 2 heterocycles. The maximum absolute atomic E-state index is 12.5. The number of nitro groups is 1. The Hall–Kier alpha value is -3.62. The van der Waals surface area contributed by atoms with Gasteiger partial charge in [-0.3, -0.25) is 19.7 Å². The molecular formula is C19H20F3N7O4S. The van der Waals surface area contributed by atoms with E-state index in [2.05, 4.69) is 20.6 Å². The zero-order chi connectivity index (χ0) is 24.9. The SMILES string of the molecule is NC(=O)CNC(=O)C1CCCN1c1ncnc(NCc2ccc(SC(F)(F)F)cc2)c1[N+](=O)[O-]. The van der Waals surface area contributed by atoms with Crippen molar-refractivity contribution in [3.63, 3.8) is 0 Å². The number of nitrogens with zero attached hydrogens (tertiary/aromatic N) is 4. The summed E-state index contributed by atoms with van der Waals surface area (Å²) in [5.41, 5.74) is 0.780. The van der Waals surface area contributed by atoms with Gasteiger partial charge in [0.25, 0.3) is 0 Å². The first kappa shape index (κ1) is 25.0. The Balaban J connectivity index is 1.78. The molecule has 0 bridgehead atoms. The number of rotatable bonds is 9. The lowest BCUT2D eigenvalue weighted by atomic mass is 10.2. The largest absolute Gasteiger partial charge is 0.446 e. The molecule has 34 heavy (non-hydrogen) atoms. The number of thioether (sulfide) groups is 1. The Morgan fingerprint density at radius 3 is 2.59 bits per heavy atom. The number of aromatic nitrogens is 2. The van der Waals surface area contributed by atoms with Gasteiger partial charge in [-0.25, -0.2) is 9.97 Å². The third-order valence-electron chi connectivity index (χ3n) is 4.87. The van der Waals surface area contributed by atoms with Crippen molar-refractivity contribution < 1.29 is 27.7 Å². The van der Waals surface area contributed by atoms with Gasteiger partial charge < -0.3 is 21.3 Å². The molecule has 3 rings (SSSR count). The van der Waals surface area contributed by atoms with Crippen LogP contribution in [0.4, 0.5) is 30.5 Å². The topological polar surface area (TPSA) is 156 Å². The lowest BCUT2D eigenvalue weighted by Gasteiger charge is -2.24. The number of primary amides is 1. The quantitative estimate of drug-likeness (QED) is 0.267. The smallest absolute Gasteiger partial charge is 0.368 e. The van der Waals surface area contributed by atoms with Crippen molar-refractivity contribution in [3.8, 4) is 0 Å². The molecule has 0 saturated carbocycles. The number of nitrogens with one attached hydrogen (secondary N) is 2. The van der Waals surface area contributed by atoms with Crippen LogP contribution in [0.25, 0.3) is 0 Å². The number of hydrogen-bond donors (Lipinski definition) is 3. The summed E-state index contributed by atoms with van der Waals surface area (Å²) in [5.74, 6) is -1.39. The van der Waals surface area contributed by atoms with Crippen molar-refractivity contribution in [1.82, 2.24) is 15.3 Å². The van der Waals surface area contributed by atoms with Crippen molar-refractivity contribution in [2.24, 2.45) is 5.73 Å². The fourth-order valence-electron chi connectivity index (χ4n) is 3.46. The van der Waals surface area contributed by atoms with Gasteiger partial charge in [-0.05, 0) is 42.3 Å². The summed E-state index contributed by atoms with van der Waals surface area (Å²) in [7, 11) is 0. The fraction of sp³-hybridized carbons (Fsp3) is 0.368. The molecule has 4 N–H and O–H groups in total. The van der Waals surface area contributed by atoms with Crippen molar-refractivity contribution >= 4 is 40.9 Å². The summed E-state index contributed by atoms with van der Waals surface area (Å²) in [4.78, 5) is 44.1. The maximum atomic E-state index is 12.5. The Kier molecular flexibility index (Phi) is 7.75. The van der Waals surface area contributed by atoms with E-state index in [1.807, 2.05) is 0 Å². The van der Waals surface area contributed by atoms with E-state index in [1.165, 1.54) is 29.2 Å². The van der Waals surface area contributed by atoms with Gasteiger partial charge in [0.1, 0.15) is 12.4 Å². The average Bonchev–Trinajstić information content (AvgIpc) is 3.25. The number of benzene rings is 1. The van der Waals surface area contributed by atoms with Crippen LogP contribution in [0, 0.1) is 10.1 Å². The van der Waals surface area contributed by atoms with Gasteiger partial charge in [0.15, 0.2) is 0 Å². The first-order chi connectivity index (χ1) is 16.0. The Morgan fingerprint density at radius 2 is 1.97 bits per heavy atom. The molecule has 1 aromatic carbocycles. The van der Waals surface area contributed by atoms with E-state index in [1.54, 1.807) is 0 Å². The number of alkyl halides is 3. The Morgan fingerprint density at radius 1 is 1.26 bits per heavy atom. The third kappa shape index (κ3) is 6.46. The zero-order valence-corrected chi connectivity index (χ0v) is 18.4. The summed E-state index contributed by atoms with van der Waals surface area (Å²) in [6.45, 7) is 0.0170. The monoisotopic (exact) mass is 499 g/mol. The first-order valence-corrected chi connectivity index (χ1v) is 10.8. The van der Waals surface area contributed by atoms with Gasteiger partial charge in [0.2, 0.25) is 23.5 Å². The number of hydrogen-bond acceptors (Lipinski definition) is 9. The minimum atomic E-state index is -4.40. The summed E-state index contributed by atoms with van der Waals surface area (Å²) in [6.07, 6.45) is 2.09. The van der Waals surface area contributed by atoms with Gasteiger partial charge >= 0.3 is 11.2 Å². The van der Waals surface area contributed by atoms with E-state index in [9.17, 15) is 32.9 Å². The minimum Gasteiger partial charge on any atom is -0.368 e. The molecule has 2 amide bonds. The average molecular weight is 499 g/mol. The van der Waals surface area contributed by atoms with Crippen LogP contribution in [0.2, 0.25) is 0 Å². The van der Waals surface area contributed by atoms with Crippen molar-refractivity contribution in [1.29, 1.82) is 0 Å². The van der Waals surface area contributed by atoms with Gasteiger partial charge in [-0.2, -0.15) is 13.2 Å². The number of carbonyl (C=O) groups is 2. The number of carbonyl (C=O) groups excluding carboxylic acids is 2. The summed E-state index contributed by atoms with van der Waals surface area (Å²) in [5, 5.41) is 17.1. The second kappa shape index (κ2) is 10.5. The number of halogens is 3. The Bertz CT molecular complexity index is 1070. The van der Waals surface area contributed by atoms with Crippen LogP contribution >= 0.6 is 11.8 Å². The van der Waals surface area contributed by atoms with E-state index < -0.39 is 34.0 Å². The lowest BCUT2D eigenvalue weighted by molar-refractivity contribution is -0.383. The molecule has 1 unspecified atom stereocenters. The second-order valence-electron chi connectivity index (χ2n) is 7.23. The molecule has 15 heteroatoms. The Labute approximate surface area is 195 Å². The molecule has 0 spiro atoms. The van der Waals surface area contributed by atoms with E-state index in [0.717, 1.165) is 6.33 Å². The molecule has 0 radical (unpaired) electrons. The first-order valence-electron chi connectivity index (χ1n) is 9.96. The van der Waals surface area contributed by atoms with Crippen molar-refractivity contribution in [2.45, 2.75) is 35.8 Å². The number of nitrogens with two attached hydrogens (primary N) is 1. The highest BCUT2D eigenvalue weighted by molar-refractivity contribution is 8.00. The molecule has 1 aliphatic rings. The fourth-order valence-corrected chi connectivity index (χ4v) is 4.00. The molecule has 0 aliphatic carbocycles. The van der Waals surface area contributed by atoms with E-state index in [0.29, 0.717) is 24.9 Å². The van der Waals surface area contributed by atoms with Crippen LogP contribution in [0.15, 0.2) is 35.5 Å². The van der Waals surface area contributed by atoms with E-state index >= 15 is 0 Å². The highest BCUT2D eigenvalue weighted by Gasteiger charge is 2.37. The summed E-state index contributed by atoms with van der Waals surface area (Å²) in [6, 6.07) is 4.76. The van der Waals surface area contributed by atoms with Gasteiger partial charge in [0.05, 0.1) is 11.5 Å². The van der Waals surface area contributed by atoms with Gasteiger partial charge in [-0.15, -0.1) is 0 Å². The highest BCUT2D eigenvalue weighted by Crippen LogP contribution is 2.37. The summed E-state index contributed by atoms with van der Waals surface area (Å²) < 4.78 is 37.4. The molecule has 2 aromatic rings. The van der Waals surface area contributed by atoms with E-state index in [-0.39, 0.29) is 41.4 Å². The highest BCUT2D eigenvalue weighted by atomic mass is 32.2. The molecule has 1 atom stereocenters. The van der Waals surface area contributed by atoms with Crippen LogP contribution in [0.5, 0.6) is 0 Å². The molecule has 11 nitrogen and oxygen atoms in total. The van der Waals surface area contributed by atoms with Crippen LogP contribution < -0.4 is 21.3 Å². The van der Waals surface area contributed by atoms with Crippen LogP contribution in [0.3, 0.4) is 0 Å². The molecule has 1 fully saturated rings. The lowest BCUT2D eigenvalue weighted by Crippen LogP contribution is -2.46. The van der Waals surface area contributed by atoms with Crippen molar-refractivity contribution in [3.05, 3.63) is 46.3 Å². The van der Waals surface area contributed by atoms with Gasteiger partial charge in [-0.1, -0.05) is 12.1 Å². The predicted octanol–water partition coefficient (Wildman–Crippen LogP) is 2.18. The normalized spacial score (nSPS) is 15.7. The van der Waals surface area contributed by atoms with Crippen LogP contribution in [0.1, 0.15) is 18.4 Å². The number of anilines is 2. The minimum absolute atomic E-state index is 0.0150. The van der Waals surface area contributed by atoms with E-state index in [4.69, 9.17) is 5.73 Å². The maximum Gasteiger partial charge on any atom is 0.446 e. The standard InChI is InChI=1S/C19H20F3N7O4S/c20-19(21,22)34-12-5-3-11(4-6-12)8-24-16-15(29(32)33)17(27-10-26-16)28-7-1-2-13(28)18(31)25-9-14(23)30/h3-6,10,13H,1-2,7-9H2,(H2,23,30)(H,25,31)(H,24,26,27). The molecule has 182 valence electrons. The molecule has 1 saturated heterocycles. The van der Waals surface area contributed by atoms with Crippen molar-refractivity contribution in [2.75, 3.05) is 23.3 Å². The third-order valence-corrected chi connectivity index (χ3v) is 5.61. The van der Waals surface area contributed by atoms with Gasteiger partial charge in [0, 0.05) is 18.0 Å². The zero-order valence-electron chi connectivity index (χ0n) is 17.5. The number of amides is 2. The molecule has 1 aliphatic heterocycles. The molecule has 1 aromatic heterocycles. The predicted molar refractivity (Wildman–Crippen MR) is 117 cm³/mol. The van der Waals surface area contributed by atoms with Crippen LogP contribution in [-0.4, -0.2) is 51.3 Å². The second-order valence-corrected chi connectivity index (χ2v) is 8.37.